The molecule has 0 radical (unpaired) electrons. The zero-order valence-corrected chi connectivity index (χ0v) is 11.0. The minimum Gasteiger partial charge on any atom is -0.399 e. The molecule has 0 spiro atoms. The standard InChI is InChI=1S/C16H24N2/c17-9-1-2-15-12-3-4-13(10-12)16(15)11-5-7-14(18)8-6-11/h5-8,12-13,15-16H,1-4,9-10,17-18H2. The molecule has 4 unspecified atom stereocenters. The third-order valence-electron chi connectivity index (χ3n) is 5.15. The van der Waals surface area contributed by atoms with E-state index in [1.807, 2.05) is 0 Å². The van der Waals surface area contributed by atoms with Gasteiger partial charge in [-0.05, 0) is 80.0 Å². The number of rotatable bonds is 4. The number of fused-ring (bicyclic) bond motifs is 2. The minimum absolute atomic E-state index is 0.774. The Kier molecular flexibility index (Phi) is 3.29. The lowest BCUT2D eigenvalue weighted by molar-refractivity contribution is 0.268. The summed E-state index contributed by atoms with van der Waals surface area (Å²) in [6, 6.07) is 8.61. The second-order valence-electron chi connectivity index (χ2n) is 6.12. The Morgan fingerprint density at radius 1 is 1.06 bits per heavy atom. The molecule has 3 rings (SSSR count). The second-order valence-corrected chi connectivity index (χ2v) is 6.12. The van der Waals surface area contributed by atoms with Gasteiger partial charge in [0, 0.05) is 5.69 Å². The molecule has 2 saturated carbocycles. The van der Waals surface area contributed by atoms with Crippen molar-refractivity contribution in [3.05, 3.63) is 29.8 Å². The van der Waals surface area contributed by atoms with Crippen molar-refractivity contribution in [1.29, 1.82) is 0 Å². The van der Waals surface area contributed by atoms with E-state index in [9.17, 15) is 0 Å². The highest BCUT2D eigenvalue weighted by Crippen LogP contribution is 2.57. The van der Waals surface area contributed by atoms with Gasteiger partial charge in [0.2, 0.25) is 0 Å². The van der Waals surface area contributed by atoms with Crippen molar-refractivity contribution in [1.82, 2.24) is 0 Å². The van der Waals surface area contributed by atoms with Crippen molar-refractivity contribution < 1.29 is 0 Å². The highest BCUT2D eigenvalue weighted by Gasteiger charge is 2.47. The molecule has 2 aliphatic carbocycles. The van der Waals surface area contributed by atoms with Crippen molar-refractivity contribution in [3.63, 3.8) is 0 Å². The fourth-order valence-corrected chi connectivity index (χ4v) is 4.42. The van der Waals surface area contributed by atoms with Crippen molar-refractivity contribution in [3.8, 4) is 0 Å². The van der Waals surface area contributed by atoms with Crippen LogP contribution in [-0.2, 0) is 0 Å². The Morgan fingerprint density at radius 2 is 1.78 bits per heavy atom. The fourth-order valence-electron chi connectivity index (χ4n) is 4.42. The molecule has 0 heterocycles. The van der Waals surface area contributed by atoms with E-state index in [0.29, 0.717) is 0 Å². The van der Waals surface area contributed by atoms with E-state index in [1.54, 1.807) is 0 Å². The van der Waals surface area contributed by atoms with Crippen LogP contribution in [0.15, 0.2) is 24.3 Å². The lowest BCUT2D eigenvalue weighted by Crippen LogP contribution is -2.21. The van der Waals surface area contributed by atoms with Crippen LogP contribution in [-0.4, -0.2) is 6.54 Å². The van der Waals surface area contributed by atoms with Crippen LogP contribution in [0.5, 0.6) is 0 Å². The van der Waals surface area contributed by atoms with Crippen LogP contribution in [0, 0.1) is 17.8 Å². The summed E-state index contributed by atoms with van der Waals surface area (Å²) in [5, 5.41) is 0. The van der Waals surface area contributed by atoms with Gasteiger partial charge in [-0.15, -0.1) is 0 Å². The number of hydrogen-bond acceptors (Lipinski definition) is 2. The van der Waals surface area contributed by atoms with Gasteiger partial charge in [0.15, 0.2) is 0 Å². The lowest BCUT2D eigenvalue weighted by atomic mass is 9.73. The summed E-state index contributed by atoms with van der Waals surface area (Å²) in [7, 11) is 0. The molecule has 2 nitrogen and oxygen atoms in total. The van der Waals surface area contributed by atoms with Crippen LogP contribution in [0.3, 0.4) is 0 Å². The molecule has 2 heteroatoms. The molecule has 0 amide bonds. The van der Waals surface area contributed by atoms with Crippen LogP contribution in [0.4, 0.5) is 5.69 Å². The van der Waals surface area contributed by atoms with Crippen molar-refractivity contribution >= 4 is 5.69 Å². The van der Waals surface area contributed by atoms with Gasteiger partial charge in [0.1, 0.15) is 0 Å². The van der Waals surface area contributed by atoms with E-state index in [1.165, 1.54) is 37.7 Å². The summed E-state index contributed by atoms with van der Waals surface area (Å²) in [6.45, 7) is 0.836. The number of nitrogens with two attached hydrogens (primary N) is 2. The van der Waals surface area contributed by atoms with E-state index in [-0.39, 0.29) is 0 Å². The lowest BCUT2D eigenvalue weighted by Gasteiger charge is -2.31. The van der Waals surface area contributed by atoms with Crippen LogP contribution in [0.25, 0.3) is 0 Å². The zero-order chi connectivity index (χ0) is 12.5. The first-order chi connectivity index (χ1) is 8.79. The van der Waals surface area contributed by atoms with E-state index in [0.717, 1.165) is 35.9 Å². The third kappa shape index (κ3) is 2.03. The van der Waals surface area contributed by atoms with E-state index < -0.39 is 0 Å². The molecule has 1 aromatic rings. The predicted octanol–water partition coefficient (Wildman–Crippen LogP) is 3.14. The average molecular weight is 244 g/mol. The number of nitrogen functional groups attached to an aromatic ring is 1. The van der Waals surface area contributed by atoms with Crippen molar-refractivity contribution in [2.24, 2.45) is 23.5 Å². The summed E-state index contributed by atoms with van der Waals surface area (Å²) in [5.74, 6) is 3.53. The highest BCUT2D eigenvalue weighted by atomic mass is 14.6. The van der Waals surface area contributed by atoms with Gasteiger partial charge >= 0.3 is 0 Å². The summed E-state index contributed by atoms with van der Waals surface area (Å²) in [6.07, 6.45) is 6.82. The average Bonchev–Trinajstić information content (AvgIpc) is 2.98. The first-order valence-corrected chi connectivity index (χ1v) is 7.35. The first-order valence-electron chi connectivity index (χ1n) is 7.35. The summed E-state index contributed by atoms with van der Waals surface area (Å²) in [5.41, 5.74) is 13.9. The second kappa shape index (κ2) is 4.93. The molecule has 98 valence electrons. The smallest absolute Gasteiger partial charge is 0.0314 e. The number of anilines is 1. The molecule has 2 fully saturated rings. The van der Waals surface area contributed by atoms with Gasteiger partial charge in [-0.25, -0.2) is 0 Å². The van der Waals surface area contributed by atoms with Crippen LogP contribution < -0.4 is 11.5 Å². The molecule has 4 N–H and O–H groups in total. The highest BCUT2D eigenvalue weighted by molar-refractivity contribution is 5.41. The van der Waals surface area contributed by atoms with E-state index in [4.69, 9.17) is 11.5 Å². The summed E-state index contributed by atoms with van der Waals surface area (Å²) >= 11 is 0. The van der Waals surface area contributed by atoms with Gasteiger partial charge in [0.25, 0.3) is 0 Å². The third-order valence-corrected chi connectivity index (χ3v) is 5.15. The summed E-state index contributed by atoms with van der Waals surface area (Å²) < 4.78 is 0. The topological polar surface area (TPSA) is 52.0 Å². The summed E-state index contributed by atoms with van der Waals surface area (Å²) in [4.78, 5) is 0. The molecule has 18 heavy (non-hydrogen) atoms. The van der Waals surface area contributed by atoms with E-state index >= 15 is 0 Å². The van der Waals surface area contributed by atoms with Crippen LogP contribution >= 0.6 is 0 Å². The first kappa shape index (κ1) is 12.0. The maximum Gasteiger partial charge on any atom is 0.0314 e. The van der Waals surface area contributed by atoms with Gasteiger partial charge in [0.05, 0.1) is 0 Å². The normalized spacial score (nSPS) is 34.1. The monoisotopic (exact) mass is 244 g/mol. The molecule has 0 aromatic heterocycles. The number of benzene rings is 1. The van der Waals surface area contributed by atoms with Crippen LogP contribution in [0.2, 0.25) is 0 Å². The van der Waals surface area contributed by atoms with Crippen molar-refractivity contribution in [2.75, 3.05) is 12.3 Å². The molecule has 2 aliphatic rings. The Hall–Kier alpha value is -1.02. The van der Waals surface area contributed by atoms with Gasteiger partial charge in [-0.1, -0.05) is 12.1 Å². The van der Waals surface area contributed by atoms with Crippen LogP contribution in [0.1, 0.15) is 43.6 Å². The van der Waals surface area contributed by atoms with Gasteiger partial charge in [-0.3, -0.25) is 0 Å². The molecule has 2 bridgehead atoms. The number of hydrogen-bond donors (Lipinski definition) is 2. The zero-order valence-electron chi connectivity index (χ0n) is 11.0. The Balaban J connectivity index is 1.82. The molecule has 0 aliphatic heterocycles. The molecule has 0 saturated heterocycles. The SMILES string of the molecule is NCCCC1C2CCC(C2)C1c1ccc(N)cc1. The minimum atomic E-state index is 0.774. The molecular formula is C16H24N2. The van der Waals surface area contributed by atoms with Gasteiger partial charge in [-0.2, -0.15) is 0 Å². The Morgan fingerprint density at radius 3 is 2.50 bits per heavy atom. The molecule has 4 atom stereocenters. The fraction of sp³-hybridized carbons (Fsp3) is 0.625. The molecule has 1 aromatic carbocycles. The van der Waals surface area contributed by atoms with Gasteiger partial charge < -0.3 is 11.5 Å². The largest absolute Gasteiger partial charge is 0.399 e. The maximum absolute atomic E-state index is 5.80. The quantitative estimate of drug-likeness (QED) is 0.799. The van der Waals surface area contributed by atoms with Crippen molar-refractivity contribution in [2.45, 2.75) is 38.0 Å². The predicted molar refractivity (Wildman–Crippen MR) is 76.2 cm³/mol. The Bertz CT molecular complexity index is 398. The molecular weight excluding hydrogens is 220 g/mol. The van der Waals surface area contributed by atoms with E-state index in [2.05, 4.69) is 24.3 Å². The maximum atomic E-state index is 5.80. The Labute approximate surface area is 110 Å².